The molecule has 1 N–H and O–H groups in total. The summed E-state index contributed by atoms with van der Waals surface area (Å²) < 4.78 is 5.95. The van der Waals surface area contributed by atoms with Crippen molar-refractivity contribution < 1.29 is 9.84 Å². The van der Waals surface area contributed by atoms with Crippen molar-refractivity contribution in [3.8, 4) is 5.75 Å². The van der Waals surface area contributed by atoms with Gasteiger partial charge in [-0.25, -0.2) is 0 Å². The van der Waals surface area contributed by atoms with Gasteiger partial charge in [-0.3, -0.25) is 4.90 Å². The van der Waals surface area contributed by atoms with Crippen LogP contribution in [0, 0.1) is 0 Å². The minimum Gasteiger partial charge on any atom is -0.492 e. The Hall–Kier alpha value is -1.06. The minimum atomic E-state index is -0.291. The highest BCUT2D eigenvalue weighted by atomic mass is 16.5. The fourth-order valence-electron chi connectivity index (χ4n) is 3.20. The lowest BCUT2D eigenvalue weighted by Crippen LogP contribution is -2.33. The molecule has 1 aliphatic heterocycles. The van der Waals surface area contributed by atoms with E-state index >= 15 is 0 Å². The molecule has 0 amide bonds. The van der Waals surface area contributed by atoms with E-state index in [1.165, 1.54) is 37.9 Å². The quantitative estimate of drug-likeness (QED) is 0.904. The molecule has 1 aliphatic carbocycles. The van der Waals surface area contributed by atoms with Gasteiger partial charge in [0, 0.05) is 12.1 Å². The zero-order chi connectivity index (χ0) is 13.1. The van der Waals surface area contributed by atoms with Crippen molar-refractivity contribution in [2.75, 3.05) is 26.2 Å². The van der Waals surface area contributed by atoms with Crippen LogP contribution >= 0.6 is 0 Å². The van der Waals surface area contributed by atoms with Gasteiger partial charge in [-0.2, -0.15) is 0 Å². The number of piperidine rings is 1. The van der Waals surface area contributed by atoms with Gasteiger partial charge in [-0.1, -0.05) is 18.6 Å². The number of ether oxygens (including phenoxy) is 1. The predicted molar refractivity (Wildman–Crippen MR) is 75.5 cm³/mol. The maximum absolute atomic E-state index is 9.87. The maximum atomic E-state index is 9.87. The zero-order valence-electron chi connectivity index (χ0n) is 11.5. The second kappa shape index (κ2) is 5.93. The molecule has 1 atom stereocenters. The summed E-state index contributed by atoms with van der Waals surface area (Å²) in [5.74, 6) is 0.978. The number of aliphatic hydroxyl groups excluding tert-OH is 1. The summed E-state index contributed by atoms with van der Waals surface area (Å²) in [4.78, 5) is 2.49. The lowest BCUT2D eigenvalue weighted by atomic mass is 10.1. The first-order valence-electron chi connectivity index (χ1n) is 7.49. The molecule has 1 unspecified atom stereocenters. The number of rotatable bonds is 4. The van der Waals surface area contributed by atoms with E-state index in [9.17, 15) is 5.11 Å². The van der Waals surface area contributed by atoms with Gasteiger partial charge >= 0.3 is 0 Å². The number of hydrogen-bond donors (Lipinski definition) is 1. The van der Waals surface area contributed by atoms with Crippen molar-refractivity contribution in [2.45, 2.75) is 38.2 Å². The number of hydrogen-bond acceptors (Lipinski definition) is 3. The van der Waals surface area contributed by atoms with Gasteiger partial charge in [0.15, 0.2) is 0 Å². The Morgan fingerprint density at radius 1 is 1.21 bits per heavy atom. The molecular formula is C16H23NO2. The normalized spacial score (nSPS) is 23.3. The number of aliphatic hydroxyl groups is 1. The second-order valence-corrected chi connectivity index (χ2v) is 5.63. The highest BCUT2D eigenvalue weighted by Crippen LogP contribution is 2.36. The molecule has 0 radical (unpaired) electrons. The Labute approximate surface area is 115 Å². The largest absolute Gasteiger partial charge is 0.492 e. The average Bonchev–Trinajstić information content (AvgIpc) is 2.83. The standard InChI is InChI=1S/C16H23NO2/c18-15-8-7-14-13(15)5-4-6-16(14)19-12-11-17-9-2-1-3-10-17/h4-6,15,18H,1-3,7-12H2. The second-order valence-electron chi connectivity index (χ2n) is 5.63. The number of nitrogens with zero attached hydrogens (tertiary/aromatic N) is 1. The molecule has 3 nitrogen and oxygen atoms in total. The molecule has 1 aromatic carbocycles. The van der Waals surface area contributed by atoms with Crippen molar-refractivity contribution in [1.29, 1.82) is 0 Å². The van der Waals surface area contributed by atoms with E-state index in [1.54, 1.807) is 0 Å². The minimum absolute atomic E-state index is 0.291. The molecule has 0 spiro atoms. The summed E-state index contributed by atoms with van der Waals surface area (Å²) in [7, 11) is 0. The first-order valence-corrected chi connectivity index (χ1v) is 7.49. The molecule has 1 saturated heterocycles. The summed E-state index contributed by atoms with van der Waals surface area (Å²) in [6.45, 7) is 4.21. The summed E-state index contributed by atoms with van der Waals surface area (Å²) in [6.07, 6.45) is 5.51. The highest BCUT2D eigenvalue weighted by molar-refractivity contribution is 5.44. The molecule has 1 fully saturated rings. The van der Waals surface area contributed by atoms with Gasteiger partial charge in [0.05, 0.1) is 6.10 Å². The first-order chi connectivity index (χ1) is 9.34. The van der Waals surface area contributed by atoms with Gasteiger partial charge in [0.2, 0.25) is 0 Å². The molecule has 0 saturated carbocycles. The van der Waals surface area contributed by atoms with E-state index in [-0.39, 0.29) is 6.10 Å². The van der Waals surface area contributed by atoms with Gasteiger partial charge in [0.1, 0.15) is 12.4 Å². The van der Waals surface area contributed by atoms with E-state index in [0.29, 0.717) is 0 Å². The molecule has 3 heteroatoms. The number of fused-ring (bicyclic) bond motifs is 1. The van der Waals surface area contributed by atoms with Crippen LogP contribution in [0.5, 0.6) is 5.75 Å². The van der Waals surface area contributed by atoms with Crippen molar-refractivity contribution in [2.24, 2.45) is 0 Å². The Morgan fingerprint density at radius 2 is 2.05 bits per heavy atom. The summed E-state index contributed by atoms with van der Waals surface area (Å²) in [6, 6.07) is 6.04. The predicted octanol–water partition coefficient (Wildman–Crippen LogP) is 2.53. The molecule has 2 aliphatic rings. The van der Waals surface area contributed by atoms with Crippen LogP contribution < -0.4 is 4.74 Å². The maximum Gasteiger partial charge on any atom is 0.122 e. The van der Waals surface area contributed by atoms with Gasteiger partial charge in [-0.15, -0.1) is 0 Å². The third-order valence-electron chi connectivity index (χ3n) is 4.31. The monoisotopic (exact) mass is 261 g/mol. The smallest absolute Gasteiger partial charge is 0.122 e. The molecule has 104 valence electrons. The van der Waals surface area contributed by atoms with Crippen LogP contribution in [-0.4, -0.2) is 36.2 Å². The SMILES string of the molecule is OC1CCc2c(OCCN3CCCCC3)cccc21. The van der Waals surface area contributed by atoms with E-state index in [4.69, 9.17) is 4.74 Å². The molecule has 19 heavy (non-hydrogen) atoms. The van der Waals surface area contributed by atoms with Crippen LogP contribution in [0.25, 0.3) is 0 Å². The Bertz CT molecular complexity index is 427. The van der Waals surface area contributed by atoms with E-state index in [0.717, 1.165) is 37.3 Å². The van der Waals surface area contributed by atoms with E-state index < -0.39 is 0 Å². The van der Waals surface area contributed by atoms with Gasteiger partial charge in [-0.05, 0) is 50.4 Å². The lowest BCUT2D eigenvalue weighted by molar-refractivity contribution is 0.179. The van der Waals surface area contributed by atoms with E-state index in [2.05, 4.69) is 4.90 Å². The third-order valence-corrected chi connectivity index (χ3v) is 4.31. The van der Waals surface area contributed by atoms with Crippen molar-refractivity contribution in [3.63, 3.8) is 0 Å². The van der Waals surface area contributed by atoms with Crippen LogP contribution in [0.15, 0.2) is 18.2 Å². The Kier molecular flexibility index (Phi) is 4.04. The Balaban J connectivity index is 1.55. The highest BCUT2D eigenvalue weighted by Gasteiger charge is 2.23. The fraction of sp³-hybridized carbons (Fsp3) is 0.625. The van der Waals surface area contributed by atoms with Crippen molar-refractivity contribution in [3.05, 3.63) is 29.3 Å². The summed E-state index contributed by atoms with van der Waals surface area (Å²) >= 11 is 0. The molecule has 0 bridgehead atoms. The summed E-state index contributed by atoms with van der Waals surface area (Å²) in [5, 5.41) is 9.87. The van der Waals surface area contributed by atoms with Crippen LogP contribution in [0.3, 0.4) is 0 Å². The van der Waals surface area contributed by atoms with Crippen molar-refractivity contribution >= 4 is 0 Å². The zero-order valence-corrected chi connectivity index (χ0v) is 11.5. The van der Waals surface area contributed by atoms with E-state index in [1.807, 2.05) is 18.2 Å². The first kappa shape index (κ1) is 12.9. The molecule has 3 rings (SSSR count). The molecule has 1 aromatic rings. The molecule has 1 heterocycles. The molecular weight excluding hydrogens is 238 g/mol. The van der Waals surface area contributed by atoms with Gasteiger partial charge in [0.25, 0.3) is 0 Å². The third kappa shape index (κ3) is 2.93. The topological polar surface area (TPSA) is 32.7 Å². The van der Waals surface area contributed by atoms with Gasteiger partial charge < -0.3 is 9.84 Å². The van der Waals surface area contributed by atoms with Crippen molar-refractivity contribution in [1.82, 2.24) is 4.90 Å². The van der Waals surface area contributed by atoms with Crippen LogP contribution in [0.1, 0.15) is 42.9 Å². The van der Waals surface area contributed by atoms with Crippen LogP contribution in [0.4, 0.5) is 0 Å². The van der Waals surface area contributed by atoms with Crippen LogP contribution in [-0.2, 0) is 6.42 Å². The summed E-state index contributed by atoms with van der Waals surface area (Å²) in [5.41, 5.74) is 2.28. The fourth-order valence-corrected chi connectivity index (χ4v) is 3.20. The molecule has 0 aromatic heterocycles. The Morgan fingerprint density at radius 3 is 2.89 bits per heavy atom. The number of likely N-dealkylation sites (tertiary alicyclic amines) is 1. The lowest BCUT2D eigenvalue weighted by Gasteiger charge is -2.26. The average molecular weight is 261 g/mol. The number of benzene rings is 1. The van der Waals surface area contributed by atoms with Crippen LogP contribution in [0.2, 0.25) is 0 Å².